The van der Waals surface area contributed by atoms with Gasteiger partial charge in [-0.15, -0.1) is 5.10 Å². The summed E-state index contributed by atoms with van der Waals surface area (Å²) in [4.78, 5) is 2.17. The molecule has 2 N–H and O–H groups in total. The summed E-state index contributed by atoms with van der Waals surface area (Å²) in [7, 11) is 0. The molecule has 0 radical (unpaired) electrons. The molecular weight excluding hydrogens is 218 g/mol. The molecule has 0 amide bonds. The highest BCUT2D eigenvalue weighted by Crippen LogP contribution is 2.23. The molecule has 1 atom stereocenters. The quantitative estimate of drug-likeness (QED) is 0.804. The van der Waals surface area contributed by atoms with E-state index in [9.17, 15) is 5.11 Å². The first-order chi connectivity index (χ1) is 8.20. The number of hydrogen-bond donors (Lipinski definition) is 2. The molecule has 2 heterocycles. The second kappa shape index (κ2) is 5.42. The van der Waals surface area contributed by atoms with Crippen LogP contribution in [0.4, 0.5) is 5.82 Å². The Morgan fingerprint density at radius 1 is 1.35 bits per heavy atom. The number of anilines is 1. The van der Waals surface area contributed by atoms with Gasteiger partial charge in [-0.25, -0.2) is 0 Å². The standard InChI is InChI=1S/C12H19N3O2/c1-9(17)10-4-6-15(7-5-10)12-3-2-11(8-16)13-14-12/h2-3,9-10,16-17H,4-8H2,1H3. The van der Waals surface area contributed by atoms with Crippen LogP contribution in [-0.4, -0.2) is 39.6 Å². The molecule has 1 aromatic rings. The topological polar surface area (TPSA) is 69.5 Å². The Labute approximate surface area is 101 Å². The Bertz CT molecular complexity index is 345. The van der Waals surface area contributed by atoms with Gasteiger partial charge in [0.1, 0.15) is 0 Å². The molecule has 0 aromatic carbocycles. The first-order valence-corrected chi connectivity index (χ1v) is 6.07. The van der Waals surface area contributed by atoms with E-state index in [1.807, 2.05) is 13.0 Å². The third kappa shape index (κ3) is 2.92. The van der Waals surface area contributed by atoms with Gasteiger partial charge in [-0.2, -0.15) is 5.10 Å². The number of aliphatic hydroxyl groups is 2. The number of aliphatic hydroxyl groups excluding tert-OH is 2. The lowest BCUT2D eigenvalue weighted by Gasteiger charge is -2.33. The summed E-state index contributed by atoms with van der Waals surface area (Å²) in [6.07, 6.45) is 1.75. The molecule has 17 heavy (non-hydrogen) atoms. The zero-order chi connectivity index (χ0) is 12.3. The average Bonchev–Trinajstić information content (AvgIpc) is 2.39. The van der Waals surface area contributed by atoms with Crippen molar-refractivity contribution in [2.45, 2.75) is 32.5 Å². The fraction of sp³-hybridized carbons (Fsp3) is 0.667. The molecule has 0 saturated carbocycles. The van der Waals surface area contributed by atoms with E-state index in [1.165, 1.54) is 0 Å². The molecule has 94 valence electrons. The Morgan fingerprint density at radius 3 is 2.53 bits per heavy atom. The maximum Gasteiger partial charge on any atom is 0.151 e. The molecule has 0 bridgehead atoms. The molecule has 2 rings (SSSR count). The smallest absolute Gasteiger partial charge is 0.151 e. The van der Waals surface area contributed by atoms with Crippen LogP contribution in [0.15, 0.2) is 12.1 Å². The Hall–Kier alpha value is -1.20. The molecule has 1 fully saturated rings. The van der Waals surface area contributed by atoms with Crippen molar-refractivity contribution in [2.75, 3.05) is 18.0 Å². The molecule has 5 nitrogen and oxygen atoms in total. The molecule has 5 heteroatoms. The van der Waals surface area contributed by atoms with E-state index >= 15 is 0 Å². The number of piperidine rings is 1. The van der Waals surface area contributed by atoms with Crippen LogP contribution in [-0.2, 0) is 6.61 Å². The van der Waals surface area contributed by atoms with Crippen molar-refractivity contribution < 1.29 is 10.2 Å². The zero-order valence-electron chi connectivity index (χ0n) is 10.1. The van der Waals surface area contributed by atoms with E-state index in [4.69, 9.17) is 5.11 Å². The van der Waals surface area contributed by atoms with Crippen LogP contribution in [0.2, 0.25) is 0 Å². The van der Waals surface area contributed by atoms with Crippen molar-refractivity contribution in [3.8, 4) is 0 Å². The largest absolute Gasteiger partial charge is 0.393 e. The van der Waals surface area contributed by atoms with Crippen LogP contribution in [0, 0.1) is 5.92 Å². The zero-order valence-corrected chi connectivity index (χ0v) is 10.1. The second-order valence-electron chi connectivity index (χ2n) is 4.61. The summed E-state index contributed by atoms with van der Waals surface area (Å²) in [5.74, 6) is 1.25. The van der Waals surface area contributed by atoms with Crippen molar-refractivity contribution in [1.29, 1.82) is 0 Å². The van der Waals surface area contributed by atoms with Gasteiger partial charge in [0.25, 0.3) is 0 Å². The maximum atomic E-state index is 9.53. The summed E-state index contributed by atoms with van der Waals surface area (Å²) in [5.41, 5.74) is 0.590. The van der Waals surface area contributed by atoms with E-state index in [-0.39, 0.29) is 12.7 Å². The van der Waals surface area contributed by atoms with Crippen LogP contribution < -0.4 is 4.90 Å². The predicted octanol–water partition coefficient (Wildman–Crippen LogP) is 0.566. The second-order valence-corrected chi connectivity index (χ2v) is 4.61. The van der Waals surface area contributed by atoms with Crippen molar-refractivity contribution in [1.82, 2.24) is 10.2 Å². The third-order valence-electron chi connectivity index (χ3n) is 3.41. The van der Waals surface area contributed by atoms with Crippen molar-refractivity contribution >= 4 is 5.82 Å². The predicted molar refractivity (Wildman–Crippen MR) is 64.6 cm³/mol. The fourth-order valence-corrected chi connectivity index (χ4v) is 2.22. The van der Waals surface area contributed by atoms with Gasteiger partial charge in [-0.1, -0.05) is 0 Å². The van der Waals surface area contributed by atoms with Gasteiger partial charge in [-0.05, 0) is 37.8 Å². The Kier molecular flexibility index (Phi) is 3.91. The first-order valence-electron chi connectivity index (χ1n) is 6.07. The molecule has 0 spiro atoms. The van der Waals surface area contributed by atoms with Gasteiger partial charge in [0, 0.05) is 13.1 Å². The van der Waals surface area contributed by atoms with E-state index < -0.39 is 0 Å². The highest BCUT2D eigenvalue weighted by atomic mass is 16.3. The lowest BCUT2D eigenvalue weighted by atomic mass is 9.92. The minimum Gasteiger partial charge on any atom is -0.393 e. The van der Waals surface area contributed by atoms with Crippen LogP contribution in [0.3, 0.4) is 0 Å². The van der Waals surface area contributed by atoms with Crippen LogP contribution in [0.1, 0.15) is 25.5 Å². The Morgan fingerprint density at radius 2 is 2.06 bits per heavy atom. The third-order valence-corrected chi connectivity index (χ3v) is 3.41. The van der Waals surface area contributed by atoms with Gasteiger partial charge in [-0.3, -0.25) is 0 Å². The monoisotopic (exact) mass is 237 g/mol. The Balaban J connectivity index is 1.95. The van der Waals surface area contributed by atoms with E-state index in [1.54, 1.807) is 6.07 Å². The number of nitrogens with zero attached hydrogens (tertiary/aromatic N) is 3. The van der Waals surface area contributed by atoms with Crippen molar-refractivity contribution in [3.63, 3.8) is 0 Å². The minimum absolute atomic E-state index is 0.0720. The van der Waals surface area contributed by atoms with Gasteiger partial charge in [0.05, 0.1) is 18.4 Å². The van der Waals surface area contributed by atoms with Crippen LogP contribution in [0.5, 0.6) is 0 Å². The van der Waals surface area contributed by atoms with Gasteiger partial charge in [0.2, 0.25) is 0 Å². The lowest BCUT2D eigenvalue weighted by Crippen LogP contribution is -2.37. The van der Waals surface area contributed by atoms with Crippen molar-refractivity contribution in [2.24, 2.45) is 5.92 Å². The summed E-state index contributed by atoms with van der Waals surface area (Å²) in [5, 5.41) is 26.5. The summed E-state index contributed by atoms with van der Waals surface area (Å²) in [6.45, 7) is 3.60. The number of hydrogen-bond acceptors (Lipinski definition) is 5. The highest BCUT2D eigenvalue weighted by molar-refractivity contribution is 5.37. The van der Waals surface area contributed by atoms with Crippen LogP contribution in [0.25, 0.3) is 0 Å². The summed E-state index contributed by atoms with van der Waals surface area (Å²) in [6, 6.07) is 3.68. The SMILES string of the molecule is CC(O)C1CCN(c2ccc(CO)nn2)CC1. The highest BCUT2D eigenvalue weighted by Gasteiger charge is 2.23. The van der Waals surface area contributed by atoms with E-state index in [0.29, 0.717) is 11.6 Å². The van der Waals surface area contributed by atoms with Gasteiger partial charge < -0.3 is 15.1 Å². The van der Waals surface area contributed by atoms with Gasteiger partial charge in [0.15, 0.2) is 5.82 Å². The molecular formula is C12H19N3O2. The molecule has 0 aliphatic carbocycles. The maximum absolute atomic E-state index is 9.53. The number of rotatable bonds is 3. The summed E-state index contributed by atoms with van der Waals surface area (Å²) >= 11 is 0. The molecule has 1 aliphatic rings. The normalized spacial score (nSPS) is 19.4. The lowest BCUT2D eigenvalue weighted by molar-refractivity contribution is 0.109. The molecule has 1 aromatic heterocycles. The fourth-order valence-electron chi connectivity index (χ4n) is 2.22. The minimum atomic E-state index is -0.222. The molecule has 1 unspecified atom stereocenters. The average molecular weight is 237 g/mol. The summed E-state index contributed by atoms with van der Waals surface area (Å²) < 4.78 is 0. The van der Waals surface area contributed by atoms with Gasteiger partial charge >= 0.3 is 0 Å². The van der Waals surface area contributed by atoms with E-state index in [0.717, 1.165) is 31.7 Å². The first kappa shape index (κ1) is 12.3. The van der Waals surface area contributed by atoms with E-state index in [2.05, 4.69) is 15.1 Å². The molecule has 1 aliphatic heterocycles. The van der Waals surface area contributed by atoms with Crippen LogP contribution >= 0.6 is 0 Å². The molecule has 1 saturated heterocycles. The van der Waals surface area contributed by atoms with Crippen molar-refractivity contribution in [3.05, 3.63) is 17.8 Å². The number of aromatic nitrogens is 2.